The Balaban J connectivity index is 2.11. The van der Waals surface area contributed by atoms with Crippen molar-refractivity contribution < 1.29 is 10.0 Å². The SMILES string of the molecule is O=[N+]([O-])c1ccc(C(O)C2CCCN2)cc1. The first-order valence-electron chi connectivity index (χ1n) is 5.34. The monoisotopic (exact) mass is 222 g/mol. The van der Waals surface area contributed by atoms with Crippen molar-refractivity contribution in [3.8, 4) is 0 Å². The van der Waals surface area contributed by atoms with E-state index in [1.807, 2.05) is 0 Å². The highest BCUT2D eigenvalue weighted by Crippen LogP contribution is 2.24. The highest BCUT2D eigenvalue weighted by atomic mass is 16.6. The van der Waals surface area contributed by atoms with E-state index in [4.69, 9.17) is 0 Å². The lowest BCUT2D eigenvalue weighted by Crippen LogP contribution is -2.28. The fourth-order valence-electron chi connectivity index (χ4n) is 2.01. The molecular formula is C11H14N2O3. The first-order valence-corrected chi connectivity index (χ1v) is 5.34. The van der Waals surface area contributed by atoms with Gasteiger partial charge in [0.1, 0.15) is 0 Å². The summed E-state index contributed by atoms with van der Waals surface area (Å²) in [6, 6.07) is 6.15. The van der Waals surface area contributed by atoms with Crippen LogP contribution < -0.4 is 5.32 Å². The van der Waals surface area contributed by atoms with Crippen LogP contribution in [0.25, 0.3) is 0 Å². The van der Waals surface area contributed by atoms with Crippen molar-refractivity contribution in [3.05, 3.63) is 39.9 Å². The van der Waals surface area contributed by atoms with E-state index < -0.39 is 11.0 Å². The Morgan fingerprint density at radius 1 is 1.44 bits per heavy atom. The molecule has 1 aromatic rings. The standard InChI is InChI=1S/C11H14N2O3/c14-11(10-2-1-7-12-10)8-3-5-9(6-4-8)13(15)16/h3-6,10-12,14H,1-2,7H2. The average molecular weight is 222 g/mol. The molecule has 2 atom stereocenters. The van der Waals surface area contributed by atoms with Crippen LogP contribution in [0.15, 0.2) is 24.3 Å². The minimum atomic E-state index is -0.580. The summed E-state index contributed by atoms with van der Waals surface area (Å²) in [5, 5.41) is 23.7. The summed E-state index contributed by atoms with van der Waals surface area (Å²) >= 11 is 0. The summed E-state index contributed by atoms with van der Waals surface area (Å²) in [4.78, 5) is 10.0. The van der Waals surface area contributed by atoms with Crippen molar-refractivity contribution in [3.63, 3.8) is 0 Å². The van der Waals surface area contributed by atoms with Gasteiger partial charge in [0.2, 0.25) is 0 Å². The molecule has 1 fully saturated rings. The van der Waals surface area contributed by atoms with Gasteiger partial charge in [-0.2, -0.15) is 0 Å². The number of nitro benzene ring substituents is 1. The fraction of sp³-hybridized carbons (Fsp3) is 0.455. The molecule has 2 rings (SSSR count). The Morgan fingerprint density at radius 3 is 2.62 bits per heavy atom. The number of nitrogens with zero attached hydrogens (tertiary/aromatic N) is 1. The Labute approximate surface area is 93.2 Å². The van der Waals surface area contributed by atoms with E-state index in [9.17, 15) is 15.2 Å². The maximum Gasteiger partial charge on any atom is 0.269 e. The molecule has 0 amide bonds. The number of aliphatic hydroxyl groups excluding tert-OH is 1. The van der Waals surface area contributed by atoms with Crippen LogP contribution in [-0.2, 0) is 0 Å². The topological polar surface area (TPSA) is 75.4 Å². The molecule has 1 aliphatic heterocycles. The number of hydrogen-bond acceptors (Lipinski definition) is 4. The fourth-order valence-corrected chi connectivity index (χ4v) is 2.01. The molecule has 1 heterocycles. The first kappa shape index (κ1) is 11.0. The quantitative estimate of drug-likeness (QED) is 0.598. The Hall–Kier alpha value is -1.46. The third kappa shape index (κ3) is 2.20. The number of hydrogen-bond donors (Lipinski definition) is 2. The van der Waals surface area contributed by atoms with Crippen molar-refractivity contribution in [2.75, 3.05) is 6.54 Å². The lowest BCUT2D eigenvalue weighted by molar-refractivity contribution is -0.384. The molecule has 0 bridgehead atoms. The maximum atomic E-state index is 10.5. The van der Waals surface area contributed by atoms with E-state index >= 15 is 0 Å². The number of rotatable bonds is 3. The summed E-state index contributed by atoms with van der Waals surface area (Å²) in [6.07, 6.45) is 1.43. The summed E-state index contributed by atoms with van der Waals surface area (Å²) < 4.78 is 0. The number of benzene rings is 1. The highest BCUT2D eigenvalue weighted by Gasteiger charge is 2.24. The third-order valence-electron chi connectivity index (χ3n) is 2.92. The van der Waals surface area contributed by atoms with E-state index in [1.165, 1.54) is 12.1 Å². The van der Waals surface area contributed by atoms with Gasteiger partial charge in [-0.05, 0) is 37.1 Å². The molecule has 5 heteroatoms. The van der Waals surface area contributed by atoms with Crippen LogP contribution in [0.3, 0.4) is 0 Å². The minimum absolute atomic E-state index is 0.0512. The molecule has 0 spiro atoms. The Kier molecular flexibility index (Phi) is 3.17. The Bertz CT molecular complexity index is 371. The molecule has 0 aliphatic carbocycles. The maximum absolute atomic E-state index is 10.5. The van der Waals surface area contributed by atoms with E-state index in [0.717, 1.165) is 24.9 Å². The molecule has 0 radical (unpaired) electrons. The second-order valence-corrected chi connectivity index (χ2v) is 4.00. The van der Waals surface area contributed by atoms with E-state index in [2.05, 4.69) is 5.32 Å². The normalized spacial score (nSPS) is 21.9. The van der Waals surface area contributed by atoms with Crippen molar-refractivity contribution in [1.29, 1.82) is 0 Å². The average Bonchev–Trinajstić information content (AvgIpc) is 2.81. The van der Waals surface area contributed by atoms with E-state index in [0.29, 0.717) is 0 Å². The molecule has 16 heavy (non-hydrogen) atoms. The zero-order valence-corrected chi connectivity index (χ0v) is 8.80. The van der Waals surface area contributed by atoms with Crippen LogP contribution in [-0.4, -0.2) is 22.6 Å². The molecule has 0 saturated carbocycles. The molecule has 1 saturated heterocycles. The zero-order chi connectivity index (χ0) is 11.5. The van der Waals surface area contributed by atoms with Crippen LogP contribution in [0.5, 0.6) is 0 Å². The zero-order valence-electron chi connectivity index (χ0n) is 8.80. The lowest BCUT2D eigenvalue weighted by Gasteiger charge is -2.18. The predicted octanol–water partition coefficient (Wildman–Crippen LogP) is 1.38. The molecule has 0 aromatic heterocycles. The van der Waals surface area contributed by atoms with Gasteiger partial charge >= 0.3 is 0 Å². The second kappa shape index (κ2) is 4.59. The van der Waals surface area contributed by atoms with Crippen molar-refractivity contribution in [2.45, 2.75) is 25.0 Å². The number of aliphatic hydroxyl groups is 1. The van der Waals surface area contributed by atoms with Gasteiger partial charge in [0.05, 0.1) is 11.0 Å². The van der Waals surface area contributed by atoms with Gasteiger partial charge in [-0.3, -0.25) is 10.1 Å². The van der Waals surface area contributed by atoms with Gasteiger partial charge in [0.15, 0.2) is 0 Å². The minimum Gasteiger partial charge on any atom is -0.387 e. The van der Waals surface area contributed by atoms with Gasteiger partial charge in [0.25, 0.3) is 5.69 Å². The van der Waals surface area contributed by atoms with Crippen LogP contribution in [0.2, 0.25) is 0 Å². The second-order valence-electron chi connectivity index (χ2n) is 4.00. The van der Waals surface area contributed by atoms with Crippen LogP contribution in [0, 0.1) is 10.1 Å². The van der Waals surface area contributed by atoms with Crippen LogP contribution in [0.1, 0.15) is 24.5 Å². The molecule has 1 aliphatic rings. The molecular weight excluding hydrogens is 208 g/mol. The van der Waals surface area contributed by atoms with Crippen molar-refractivity contribution in [2.24, 2.45) is 0 Å². The Morgan fingerprint density at radius 2 is 2.12 bits per heavy atom. The van der Waals surface area contributed by atoms with Gasteiger partial charge in [-0.25, -0.2) is 0 Å². The lowest BCUT2D eigenvalue weighted by atomic mass is 10.0. The van der Waals surface area contributed by atoms with E-state index in [1.54, 1.807) is 12.1 Å². The van der Waals surface area contributed by atoms with Gasteiger partial charge in [0, 0.05) is 18.2 Å². The summed E-state index contributed by atoms with van der Waals surface area (Å²) in [7, 11) is 0. The summed E-state index contributed by atoms with van der Waals surface area (Å²) in [6.45, 7) is 0.925. The van der Waals surface area contributed by atoms with Gasteiger partial charge in [-0.15, -0.1) is 0 Å². The number of nitro groups is 1. The highest BCUT2D eigenvalue weighted by molar-refractivity contribution is 5.34. The van der Waals surface area contributed by atoms with E-state index in [-0.39, 0.29) is 11.7 Å². The largest absolute Gasteiger partial charge is 0.387 e. The molecule has 5 nitrogen and oxygen atoms in total. The molecule has 1 aromatic carbocycles. The van der Waals surface area contributed by atoms with Crippen molar-refractivity contribution in [1.82, 2.24) is 5.32 Å². The summed E-state index contributed by atoms with van der Waals surface area (Å²) in [5.74, 6) is 0. The number of nitrogens with one attached hydrogen (secondary N) is 1. The smallest absolute Gasteiger partial charge is 0.269 e. The predicted molar refractivity (Wildman–Crippen MR) is 59.1 cm³/mol. The summed E-state index contributed by atoms with van der Waals surface area (Å²) in [5.41, 5.74) is 0.778. The van der Waals surface area contributed by atoms with Crippen molar-refractivity contribution >= 4 is 5.69 Å². The third-order valence-corrected chi connectivity index (χ3v) is 2.92. The van der Waals surface area contributed by atoms with Crippen LogP contribution >= 0.6 is 0 Å². The molecule has 2 N–H and O–H groups in total. The first-order chi connectivity index (χ1) is 7.68. The van der Waals surface area contributed by atoms with Gasteiger partial charge < -0.3 is 10.4 Å². The molecule has 86 valence electrons. The van der Waals surface area contributed by atoms with Crippen LogP contribution in [0.4, 0.5) is 5.69 Å². The molecule has 2 unspecified atom stereocenters. The van der Waals surface area contributed by atoms with Gasteiger partial charge in [-0.1, -0.05) is 0 Å². The number of non-ortho nitro benzene ring substituents is 1.